The molecular formula is C18H13FOS. The van der Waals surface area contributed by atoms with Crippen molar-refractivity contribution < 1.29 is 9.18 Å². The first-order valence-electron chi connectivity index (χ1n) is 7.00. The van der Waals surface area contributed by atoms with E-state index in [1.807, 2.05) is 24.3 Å². The van der Waals surface area contributed by atoms with Crippen molar-refractivity contribution in [1.29, 1.82) is 0 Å². The summed E-state index contributed by atoms with van der Waals surface area (Å²) in [6, 6.07) is 16.7. The van der Waals surface area contributed by atoms with Gasteiger partial charge in [0.2, 0.25) is 0 Å². The fraction of sp³-hybridized carbons (Fsp3) is 0.167. The number of hydrogen-bond acceptors (Lipinski definition) is 2. The number of Topliss-reactive ketones (excluding diaryl/α,β-unsaturated/α-hetero) is 1. The quantitative estimate of drug-likeness (QED) is 0.620. The molecule has 0 aliphatic heterocycles. The Labute approximate surface area is 126 Å². The Balaban J connectivity index is 1.60. The lowest BCUT2D eigenvalue weighted by atomic mass is 10.1. The van der Waals surface area contributed by atoms with E-state index < -0.39 is 0 Å². The largest absolute Gasteiger partial charge is 0.293 e. The van der Waals surface area contributed by atoms with Crippen molar-refractivity contribution in [1.82, 2.24) is 0 Å². The SMILES string of the molecule is O=C(c1cc2ccc(F)cc2s1)C1CC1c1ccccc1. The van der Waals surface area contributed by atoms with Crippen LogP contribution in [-0.4, -0.2) is 5.78 Å². The average molecular weight is 296 g/mol. The van der Waals surface area contributed by atoms with Crippen LogP contribution in [0.5, 0.6) is 0 Å². The highest BCUT2D eigenvalue weighted by atomic mass is 32.1. The lowest BCUT2D eigenvalue weighted by molar-refractivity contribution is 0.0969. The monoisotopic (exact) mass is 296 g/mol. The Hall–Kier alpha value is -2.00. The summed E-state index contributed by atoms with van der Waals surface area (Å²) < 4.78 is 14.1. The van der Waals surface area contributed by atoms with Crippen molar-refractivity contribution in [3.05, 3.63) is 70.9 Å². The van der Waals surface area contributed by atoms with Gasteiger partial charge >= 0.3 is 0 Å². The molecule has 2 atom stereocenters. The molecular weight excluding hydrogens is 283 g/mol. The molecule has 2 unspecified atom stereocenters. The minimum absolute atomic E-state index is 0.0882. The van der Waals surface area contributed by atoms with Gasteiger partial charge in [-0.15, -0.1) is 11.3 Å². The Kier molecular flexibility index (Phi) is 2.89. The Bertz CT molecular complexity index is 822. The van der Waals surface area contributed by atoms with Gasteiger partial charge in [0.15, 0.2) is 5.78 Å². The summed E-state index contributed by atoms with van der Waals surface area (Å²) in [6.07, 6.45) is 0.922. The average Bonchev–Trinajstić information content (AvgIpc) is 3.20. The zero-order chi connectivity index (χ0) is 14.4. The zero-order valence-corrected chi connectivity index (χ0v) is 12.1. The van der Waals surface area contributed by atoms with Gasteiger partial charge in [-0.25, -0.2) is 4.39 Å². The first-order valence-corrected chi connectivity index (χ1v) is 7.82. The van der Waals surface area contributed by atoms with E-state index in [1.54, 1.807) is 6.07 Å². The highest BCUT2D eigenvalue weighted by Gasteiger charge is 2.44. The second-order valence-corrected chi connectivity index (χ2v) is 6.60. The first-order chi connectivity index (χ1) is 10.2. The van der Waals surface area contributed by atoms with Crippen LogP contribution in [0.15, 0.2) is 54.6 Å². The summed E-state index contributed by atoms with van der Waals surface area (Å²) in [7, 11) is 0. The van der Waals surface area contributed by atoms with Gasteiger partial charge in [-0.1, -0.05) is 36.4 Å². The number of hydrogen-bond donors (Lipinski definition) is 0. The van der Waals surface area contributed by atoms with Crippen LogP contribution in [0.2, 0.25) is 0 Å². The molecule has 3 aromatic rings. The molecule has 0 saturated heterocycles. The van der Waals surface area contributed by atoms with Crippen LogP contribution in [-0.2, 0) is 0 Å². The zero-order valence-electron chi connectivity index (χ0n) is 11.3. The molecule has 0 amide bonds. The molecule has 104 valence electrons. The number of carbonyl (C=O) groups is 1. The number of rotatable bonds is 3. The predicted molar refractivity (Wildman–Crippen MR) is 83.4 cm³/mol. The highest BCUT2D eigenvalue weighted by molar-refractivity contribution is 7.20. The summed E-state index contributed by atoms with van der Waals surface area (Å²) in [6.45, 7) is 0. The van der Waals surface area contributed by atoms with Crippen LogP contribution < -0.4 is 0 Å². The van der Waals surface area contributed by atoms with Crippen molar-refractivity contribution in [2.45, 2.75) is 12.3 Å². The Morgan fingerprint density at radius 3 is 2.71 bits per heavy atom. The van der Waals surface area contributed by atoms with Crippen molar-refractivity contribution in [3.63, 3.8) is 0 Å². The molecule has 2 aromatic carbocycles. The van der Waals surface area contributed by atoms with Crippen LogP contribution >= 0.6 is 11.3 Å². The third kappa shape index (κ3) is 2.28. The van der Waals surface area contributed by atoms with Crippen LogP contribution in [0, 0.1) is 11.7 Å². The fourth-order valence-electron chi connectivity index (χ4n) is 2.86. The molecule has 3 heteroatoms. The molecule has 1 nitrogen and oxygen atoms in total. The molecule has 1 aromatic heterocycles. The van der Waals surface area contributed by atoms with E-state index in [4.69, 9.17) is 0 Å². The molecule has 1 aliphatic carbocycles. The van der Waals surface area contributed by atoms with E-state index >= 15 is 0 Å². The van der Waals surface area contributed by atoms with Gasteiger partial charge in [0, 0.05) is 10.6 Å². The Morgan fingerprint density at radius 1 is 1.10 bits per heavy atom. The summed E-state index contributed by atoms with van der Waals surface area (Å²) in [5.41, 5.74) is 1.24. The summed E-state index contributed by atoms with van der Waals surface area (Å²) >= 11 is 1.40. The van der Waals surface area contributed by atoms with Crippen LogP contribution in [0.1, 0.15) is 27.6 Å². The number of halogens is 1. The second kappa shape index (κ2) is 4.78. The summed E-state index contributed by atoms with van der Waals surface area (Å²) in [5.74, 6) is 0.383. The van der Waals surface area contributed by atoms with Crippen molar-refractivity contribution >= 4 is 27.2 Å². The van der Waals surface area contributed by atoms with Crippen LogP contribution in [0.25, 0.3) is 10.1 Å². The third-order valence-electron chi connectivity index (χ3n) is 4.08. The minimum atomic E-state index is -0.253. The lowest BCUT2D eigenvalue weighted by Gasteiger charge is -1.98. The van der Waals surface area contributed by atoms with E-state index in [9.17, 15) is 9.18 Å². The second-order valence-electron chi connectivity index (χ2n) is 5.52. The molecule has 1 heterocycles. The van der Waals surface area contributed by atoms with Gasteiger partial charge in [-0.2, -0.15) is 0 Å². The highest BCUT2D eigenvalue weighted by Crippen LogP contribution is 2.49. The molecule has 4 rings (SSSR count). The van der Waals surface area contributed by atoms with Crippen LogP contribution in [0.4, 0.5) is 4.39 Å². The molecule has 1 aliphatic rings. The first kappa shape index (κ1) is 12.7. The maximum Gasteiger partial charge on any atom is 0.176 e. The van der Waals surface area contributed by atoms with Gasteiger partial charge in [-0.05, 0) is 41.5 Å². The molecule has 0 N–H and O–H groups in total. The molecule has 1 saturated carbocycles. The Morgan fingerprint density at radius 2 is 1.90 bits per heavy atom. The number of carbonyl (C=O) groups excluding carboxylic acids is 1. The molecule has 0 radical (unpaired) electrons. The number of fused-ring (bicyclic) bond motifs is 1. The van der Waals surface area contributed by atoms with E-state index in [2.05, 4.69) is 12.1 Å². The molecule has 21 heavy (non-hydrogen) atoms. The van der Waals surface area contributed by atoms with Crippen molar-refractivity contribution in [3.8, 4) is 0 Å². The van der Waals surface area contributed by atoms with E-state index in [-0.39, 0.29) is 17.5 Å². The molecule has 1 fully saturated rings. The summed E-state index contributed by atoms with van der Waals surface area (Å²) in [5, 5.41) is 0.946. The van der Waals surface area contributed by atoms with Gasteiger partial charge in [0.05, 0.1) is 4.88 Å². The topological polar surface area (TPSA) is 17.1 Å². The van der Waals surface area contributed by atoms with Gasteiger partial charge < -0.3 is 0 Å². The van der Waals surface area contributed by atoms with E-state index in [1.165, 1.54) is 29.0 Å². The van der Waals surface area contributed by atoms with Crippen molar-refractivity contribution in [2.24, 2.45) is 5.92 Å². The molecule has 0 spiro atoms. The van der Waals surface area contributed by atoms with E-state index in [0.717, 1.165) is 21.4 Å². The third-order valence-corrected chi connectivity index (χ3v) is 5.19. The fourth-order valence-corrected chi connectivity index (χ4v) is 3.95. The minimum Gasteiger partial charge on any atom is -0.293 e. The normalized spacial score (nSPS) is 20.6. The summed E-state index contributed by atoms with van der Waals surface area (Å²) in [4.78, 5) is 13.3. The number of ketones is 1. The number of benzene rings is 2. The maximum atomic E-state index is 13.2. The standard InChI is InChI=1S/C18H13FOS/c19-13-7-6-12-8-17(21-16(12)9-13)18(20)15-10-14(15)11-4-2-1-3-5-11/h1-9,14-15H,10H2. The van der Waals surface area contributed by atoms with Crippen LogP contribution in [0.3, 0.4) is 0 Å². The van der Waals surface area contributed by atoms with Gasteiger partial charge in [-0.3, -0.25) is 4.79 Å². The maximum absolute atomic E-state index is 13.2. The van der Waals surface area contributed by atoms with Gasteiger partial charge in [0.25, 0.3) is 0 Å². The lowest BCUT2D eigenvalue weighted by Crippen LogP contribution is -2.00. The van der Waals surface area contributed by atoms with Gasteiger partial charge in [0.1, 0.15) is 5.82 Å². The van der Waals surface area contributed by atoms with E-state index in [0.29, 0.717) is 5.92 Å². The predicted octanol–water partition coefficient (Wildman–Crippen LogP) is 5.03. The van der Waals surface area contributed by atoms with Crippen molar-refractivity contribution in [2.75, 3.05) is 0 Å². The smallest absolute Gasteiger partial charge is 0.176 e. The molecule has 0 bridgehead atoms. The number of thiophene rings is 1.